The zero-order chi connectivity index (χ0) is 22.1. The van der Waals surface area contributed by atoms with Crippen LogP contribution in [0.15, 0.2) is 68.4 Å². The van der Waals surface area contributed by atoms with Gasteiger partial charge in [0.25, 0.3) is 5.91 Å². The van der Waals surface area contributed by atoms with Crippen LogP contribution in [0.4, 0.5) is 11.4 Å². The fourth-order valence-corrected chi connectivity index (χ4v) is 6.97. The number of methoxy groups -OCH3 is 1. The van der Waals surface area contributed by atoms with Crippen molar-refractivity contribution in [3.8, 4) is 5.75 Å². The maximum Gasteiger partial charge on any atom is 0.269 e. The fourth-order valence-electron chi connectivity index (χ4n) is 4.54. The van der Waals surface area contributed by atoms with Crippen molar-refractivity contribution in [2.75, 3.05) is 18.6 Å². The summed E-state index contributed by atoms with van der Waals surface area (Å²) in [7, 11) is 1.68. The lowest BCUT2D eigenvalue weighted by Crippen LogP contribution is -2.40. The maximum absolute atomic E-state index is 13.8. The van der Waals surface area contributed by atoms with Gasteiger partial charge in [0, 0.05) is 23.5 Å². The third kappa shape index (κ3) is 3.92. The van der Waals surface area contributed by atoms with Crippen LogP contribution in [0.1, 0.15) is 39.0 Å². The van der Waals surface area contributed by atoms with E-state index in [9.17, 15) is 4.79 Å². The number of hydrogen-bond acceptors (Lipinski definition) is 6. The van der Waals surface area contributed by atoms with Crippen LogP contribution in [0.25, 0.3) is 0 Å². The smallest absolute Gasteiger partial charge is 0.269 e. The zero-order valence-electron chi connectivity index (χ0n) is 18.4. The van der Waals surface area contributed by atoms with Crippen LogP contribution < -0.4 is 9.64 Å². The molecule has 1 saturated carbocycles. The number of carbonyl (C=O) groups excluding carboxylic acids is 1. The Morgan fingerprint density at radius 1 is 1.06 bits per heavy atom. The average molecular weight is 466 g/mol. The standard InChI is InChI=1S/C25H27N3O2S2/c1-3-27-20-16-19(30-2)14-15-21(20)31-24(27)22-23(29)28(18-12-8-5-9-13-18)25(32-22)26-17-10-6-4-7-11-17/h4,6-7,10-11,14-16,18H,3,5,8-9,12-13H2,1-2H3. The Hall–Kier alpha value is -2.38. The predicted molar refractivity (Wildman–Crippen MR) is 134 cm³/mol. The summed E-state index contributed by atoms with van der Waals surface area (Å²) in [6.07, 6.45) is 5.69. The number of carbonyl (C=O) groups is 1. The van der Waals surface area contributed by atoms with Gasteiger partial charge in [0.2, 0.25) is 0 Å². The van der Waals surface area contributed by atoms with E-state index >= 15 is 0 Å². The van der Waals surface area contributed by atoms with Gasteiger partial charge in [0.15, 0.2) is 5.17 Å². The van der Waals surface area contributed by atoms with Crippen molar-refractivity contribution in [1.82, 2.24) is 4.90 Å². The molecule has 1 aliphatic carbocycles. The Labute approximate surface area is 197 Å². The first kappa shape index (κ1) is 21.5. The molecule has 166 valence electrons. The maximum atomic E-state index is 13.8. The minimum atomic E-state index is 0.0947. The Morgan fingerprint density at radius 3 is 2.56 bits per heavy atom. The number of fused-ring (bicyclic) bond motifs is 1. The van der Waals surface area contributed by atoms with Gasteiger partial charge in [-0.15, -0.1) is 0 Å². The van der Waals surface area contributed by atoms with Crippen LogP contribution >= 0.6 is 23.5 Å². The molecule has 2 fully saturated rings. The van der Waals surface area contributed by atoms with Gasteiger partial charge in [0.05, 0.1) is 18.5 Å². The van der Waals surface area contributed by atoms with Crippen LogP contribution in [-0.2, 0) is 4.79 Å². The minimum absolute atomic E-state index is 0.0947. The molecule has 3 aliphatic rings. The van der Waals surface area contributed by atoms with E-state index in [1.54, 1.807) is 18.9 Å². The van der Waals surface area contributed by atoms with Gasteiger partial charge in [0.1, 0.15) is 15.7 Å². The second-order valence-electron chi connectivity index (χ2n) is 8.11. The van der Waals surface area contributed by atoms with E-state index in [4.69, 9.17) is 9.73 Å². The number of para-hydroxylation sites is 1. The van der Waals surface area contributed by atoms with Gasteiger partial charge in [-0.05, 0) is 55.8 Å². The molecular weight excluding hydrogens is 438 g/mol. The number of amides is 1. The lowest BCUT2D eigenvalue weighted by molar-refractivity contribution is -0.124. The summed E-state index contributed by atoms with van der Waals surface area (Å²) in [5.41, 5.74) is 1.99. The molecule has 2 aromatic carbocycles. The number of thioether (sulfide) groups is 2. The van der Waals surface area contributed by atoms with Crippen molar-refractivity contribution in [3.63, 3.8) is 0 Å². The van der Waals surface area contributed by atoms with Crippen molar-refractivity contribution in [3.05, 3.63) is 58.5 Å². The highest BCUT2D eigenvalue weighted by molar-refractivity contribution is 8.19. The number of aliphatic imine (C=N–C) groups is 1. The summed E-state index contributed by atoms with van der Waals surface area (Å²) in [6.45, 7) is 2.91. The van der Waals surface area contributed by atoms with Gasteiger partial charge < -0.3 is 9.64 Å². The first-order chi connectivity index (χ1) is 15.7. The fraction of sp³-hybridized carbons (Fsp3) is 0.360. The van der Waals surface area contributed by atoms with Gasteiger partial charge >= 0.3 is 0 Å². The van der Waals surface area contributed by atoms with E-state index < -0.39 is 0 Å². The summed E-state index contributed by atoms with van der Waals surface area (Å²) in [5.74, 6) is 0.923. The molecule has 2 aliphatic heterocycles. The highest BCUT2D eigenvalue weighted by Gasteiger charge is 2.43. The van der Waals surface area contributed by atoms with E-state index in [1.807, 2.05) is 41.3 Å². The number of amidine groups is 1. The summed E-state index contributed by atoms with van der Waals surface area (Å²) in [4.78, 5) is 24.9. The Balaban J connectivity index is 1.56. The number of benzene rings is 2. The van der Waals surface area contributed by atoms with Crippen LogP contribution in [-0.4, -0.2) is 35.7 Å². The van der Waals surface area contributed by atoms with E-state index in [0.717, 1.165) is 56.5 Å². The monoisotopic (exact) mass is 465 g/mol. The second-order valence-corrected chi connectivity index (χ2v) is 10.1. The summed E-state index contributed by atoms with van der Waals surface area (Å²) in [6, 6.07) is 16.3. The van der Waals surface area contributed by atoms with Crippen molar-refractivity contribution >= 4 is 46.0 Å². The molecule has 2 heterocycles. The first-order valence-corrected chi connectivity index (χ1v) is 12.9. The van der Waals surface area contributed by atoms with Gasteiger partial charge in [-0.2, -0.15) is 0 Å². The predicted octanol–water partition coefficient (Wildman–Crippen LogP) is 6.39. The summed E-state index contributed by atoms with van der Waals surface area (Å²) in [5, 5.41) is 1.81. The number of nitrogens with zero attached hydrogens (tertiary/aromatic N) is 3. The third-order valence-corrected chi connectivity index (χ3v) is 8.51. The number of hydrogen-bond donors (Lipinski definition) is 0. The Morgan fingerprint density at radius 2 is 1.84 bits per heavy atom. The summed E-state index contributed by atoms with van der Waals surface area (Å²) >= 11 is 3.20. The third-order valence-electron chi connectivity index (χ3n) is 6.15. The number of anilines is 1. The normalized spacial score (nSPS) is 22.7. The molecule has 2 aromatic rings. The number of rotatable bonds is 4. The van der Waals surface area contributed by atoms with E-state index in [-0.39, 0.29) is 11.9 Å². The topological polar surface area (TPSA) is 45.1 Å². The number of ether oxygens (including phenoxy) is 1. The van der Waals surface area contributed by atoms with E-state index in [1.165, 1.54) is 31.0 Å². The lowest BCUT2D eigenvalue weighted by Gasteiger charge is -2.30. The van der Waals surface area contributed by atoms with Crippen molar-refractivity contribution in [1.29, 1.82) is 0 Å². The molecule has 0 unspecified atom stereocenters. The molecule has 5 nitrogen and oxygen atoms in total. The molecule has 0 aromatic heterocycles. The summed E-state index contributed by atoms with van der Waals surface area (Å²) < 4.78 is 5.44. The molecule has 7 heteroatoms. The van der Waals surface area contributed by atoms with Crippen LogP contribution in [0.5, 0.6) is 5.75 Å². The first-order valence-electron chi connectivity index (χ1n) is 11.2. The molecule has 0 spiro atoms. The zero-order valence-corrected chi connectivity index (χ0v) is 20.0. The highest BCUT2D eigenvalue weighted by atomic mass is 32.2. The van der Waals surface area contributed by atoms with Crippen LogP contribution in [0.2, 0.25) is 0 Å². The Kier molecular flexibility index (Phi) is 6.20. The van der Waals surface area contributed by atoms with Crippen molar-refractivity contribution in [2.24, 2.45) is 4.99 Å². The lowest BCUT2D eigenvalue weighted by atomic mass is 9.94. The molecule has 1 amide bonds. The van der Waals surface area contributed by atoms with E-state index in [0.29, 0.717) is 0 Å². The molecule has 0 radical (unpaired) electrons. The van der Waals surface area contributed by atoms with Crippen LogP contribution in [0, 0.1) is 0 Å². The van der Waals surface area contributed by atoms with Gasteiger partial charge in [-0.1, -0.05) is 49.2 Å². The molecule has 0 N–H and O–H groups in total. The average Bonchev–Trinajstić information content (AvgIpc) is 3.36. The second kappa shape index (κ2) is 9.24. The van der Waals surface area contributed by atoms with Crippen LogP contribution in [0.3, 0.4) is 0 Å². The molecule has 5 rings (SSSR count). The molecule has 1 saturated heterocycles. The largest absolute Gasteiger partial charge is 0.497 e. The van der Waals surface area contributed by atoms with Crippen molar-refractivity contribution in [2.45, 2.75) is 50.0 Å². The molecular formula is C25H27N3O2S2. The van der Waals surface area contributed by atoms with Gasteiger partial charge in [-0.25, -0.2) is 4.99 Å². The minimum Gasteiger partial charge on any atom is -0.497 e. The van der Waals surface area contributed by atoms with E-state index in [2.05, 4.69) is 24.0 Å². The molecule has 0 atom stereocenters. The molecule has 32 heavy (non-hydrogen) atoms. The van der Waals surface area contributed by atoms with Crippen molar-refractivity contribution < 1.29 is 9.53 Å². The van der Waals surface area contributed by atoms with Gasteiger partial charge in [-0.3, -0.25) is 9.69 Å². The quantitative estimate of drug-likeness (QED) is 0.490. The highest BCUT2D eigenvalue weighted by Crippen LogP contribution is 2.52. The SMILES string of the molecule is CCN1C(=C2SC(=Nc3ccccc3)N(C3CCCCC3)C2=O)Sc2ccc(OC)cc21. The molecule has 0 bridgehead atoms. The Bertz CT molecular complexity index is 1080.